The first-order valence-electron chi connectivity index (χ1n) is 8.83. The molecule has 0 spiro atoms. The van der Waals surface area contributed by atoms with E-state index < -0.39 is 11.7 Å². The molecule has 1 aliphatic rings. The van der Waals surface area contributed by atoms with E-state index in [4.69, 9.17) is 0 Å². The molecule has 3 heteroatoms. The number of alkyl halides is 3. The van der Waals surface area contributed by atoms with Gasteiger partial charge in [-0.15, -0.1) is 0 Å². The molecule has 0 heterocycles. The predicted octanol–water partition coefficient (Wildman–Crippen LogP) is 7.10. The van der Waals surface area contributed by atoms with Crippen molar-refractivity contribution in [3.8, 4) is 22.3 Å². The Morgan fingerprint density at radius 1 is 0.630 bits per heavy atom. The molecule has 0 bridgehead atoms. The average molecular weight is 360 g/mol. The lowest BCUT2D eigenvalue weighted by molar-refractivity contribution is -0.137. The van der Waals surface area contributed by atoms with Crippen LogP contribution in [0.25, 0.3) is 33.0 Å². The molecule has 0 radical (unpaired) electrons. The van der Waals surface area contributed by atoms with Gasteiger partial charge in [-0.3, -0.25) is 0 Å². The molecule has 5 rings (SSSR count). The van der Waals surface area contributed by atoms with Crippen molar-refractivity contribution in [2.24, 2.45) is 0 Å². The van der Waals surface area contributed by atoms with E-state index in [1.807, 2.05) is 24.3 Å². The van der Waals surface area contributed by atoms with Gasteiger partial charge in [-0.25, -0.2) is 0 Å². The third-order valence-corrected chi connectivity index (χ3v) is 5.35. The van der Waals surface area contributed by atoms with E-state index in [0.29, 0.717) is 0 Å². The summed E-state index contributed by atoms with van der Waals surface area (Å²) >= 11 is 0. The van der Waals surface area contributed by atoms with Gasteiger partial charge in [0.2, 0.25) is 0 Å². The van der Waals surface area contributed by atoms with Crippen molar-refractivity contribution < 1.29 is 13.2 Å². The number of hydrogen-bond acceptors (Lipinski definition) is 0. The number of fused-ring (bicyclic) bond motifs is 5. The number of hydrogen-bond donors (Lipinski definition) is 0. The van der Waals surface area contributed by atoms with Gasteiger partial charge in [0.1, 0.15) is 0 Å². The van der Waals surface area contributed by atoms with Gasteiger partial charge < -0.3 is 0 Å². The molecule has 132 valence electrons. The second kappa shape index (κ2) is 5.71. The second-order valence-electron chi connectivity index (χ2n) is 6.90. The molecule has 0 unspecified atom stereocenters. The standard InChI is InChI=1S/C24H15F3/c25-24(26,27)18-11-8-15(9-12-18)20-7-3-5-16-10-13-21-19-6-2-1-4-17(19)14-22(21)23(16)20/h1-13H,14H2. The highest BCUT2D eigenvalue weighted by molar-refractivity contribution is 6.04. The van der Waals surface area contributed by atoms with Crippen molar-refractivity contribution in [3.63, 3.8) is 0 Å². The minimum atomic E-state index is -4.32. The van der Waals surface area contributed by atoms with Gasteiger partial charge in [0.15, 0.2) is 0 Å². The molecule has 0 amide bonds. The zero-order valence-electron chi connectivity index (χ0n) is 14.3. The van der Waals surface area contributed by atoms with Crippen LogP contribution < -0.4 is 0 Å². The summed E-state index contributed by atoms with van der Waals surface area (Å²) in [7, 11) is 0. The Kier molecular flexibility index (Phi) is 3.41. The number of benzene rings is 4. The van der Waals surface area contributed by atoms with Gasteiger partial charge >= 0.3 is 6.18 Å². The monoisotopic (exact) mass is 360 g/mol. The highest BCUT2D eigenvalue weighted by Crippen LogP contribution is 2.43. The third kappa shape index (κ3) is 2.54. The Labute approximate surface area is 154 Å². The van der Waals surface area contributed by atoms with Gasteiger partial charge in [0, 0.05) is 0 Å². The first-order valence-corrected chi connectivity index (χ1v) is 8.83. The summed E-state index contributed by atoms with van der Waals surface area (Å²) in [6.45, 7) is 0. The Hall–Kier alpha value is -3.07. The van der Waals surface area contributed by atoms with E-state index in [0.717, 1.165) is 40.5 Å². The van der Waals surface area contributed by atoms with Crippen LogP contribution in [0.3, 0.4) is 0 Å². The van der Waals surface area contributed by atoms with Crippen LogP contribution in [-0.4, -0.2) is 0 Å². The summed E-state index contributed by atoms with van der Waals surface area (Å²) in [6.07, 6.45) is -3.47. The fraction of sp³-hybridized carbons (Fsp3) is 0.0833. The molecule has 1 aliphatic carbocycles. The minimum Gasteiger partial charge on any atom is -0.166 e. The quantitative estimate of drug-likeness (QED) is 0.299. The number of rotatable bonds is 1. The highest BCUT2D eigenvalue weighted by Gasteiger charge is 2.30. The Bertz CT molecular complexity index is 1170. The fourth-order valence-electron chi connectivity index (χ4n) is 4.10. The Morgan fingerprint density at radius 2 is 1.37 bits per heavy atom. The van der Waals surface area contributed by atoms with Gasteiger partial charge in [0.25, 0.3) is 0 Å². The molecule has 0 N–H and O–H groups in total. The minimum absolute atomic E-state index is 0.621. The largest absolute Gasteiger partial charge is 0.416 e. The highest BCUT2D eigenvalue weighted by atomic mass is 19.4. The van der Waals surface area contributed by atoms with E-state index >= 15 is 0 Å². The lowest BCUT2D eigenvalue weighted by atomic mass is 9.91. The van der Waals surface area contributed by atoms with Crippen LogP contribution in [0.5, 0.6) is 0 Å². The molecule has 0 fully saturated rings. The lowest BCUT2D eigenvalue weighted by Gasteiger charge is -2.13. The summed E-state index contributed by atoms with van der Waals surface area (Å²) in [6, 6.07) is 24.1. The van der Waals surface area contributed by atoms with E-state index in [1.165, 1.54) is 22.3 Å². The first-order chi connectivity index (χ1) is 13.0. The maximum atomic E-state index is 12.9. The molecule has 0 nitrogen and oxygen atoms in total. The second-order valence-corrected chi connectivity index (χ2v) is 6.90. The zero-order chi connectivity index (χ0) is 18.6. The molecule has 4 aromatic rings. The van der Waals surface area contributed by atoms with Crippen molar-refractivity contribution in [1.82, 2.24) is 0 Å². The Morgan fingerprint density at radius 3 is 2.15 bits per heavy atom. The molecular weight excluding hydrogens is 345 g/mol. The third-order valence-electron chi connectivity index (χ3n) is 5.35. The van der Waals surface area contributed by atoms with Crippen LogP contribution in [-0.2, 0) is 12.6 Å². The molecular formula is C24H15F3. The van der Waals surface area contributed by atoms with Gasteiger partial charge in [-0.05, 0) is 62.7 Å². The fourth-order valence-corrected chi connectivity index (χ4v) is 4.10. The summed E-state index contributed by atoms with van der Waals surface area (Å²) in [5.41, 5.74) is 6.17. The van der Waals surface area contributed by atoms with Crippen LogP contribution in [0.2, 0.25) is 0 Å². The molecule has 0 saturated carbocycles. The van der Waals surface area contributed by atoms with Crippen LogP contribution in [0.15, 0.2) is 78.9 Å². The van der Waals surface area contributed by atoms with Crippen molar-refractivity contribution in [3.05, 3.63) is 95.6 Å². The topological polar surface area (TPSA) is 0 Å². The van der Waals surface area contributed by atoms with E-state index in [9.17, 15) is 13.2 Å². The van der Waals surface area contributed by atoms with Crippen molar-refractivity contribution >= 4 is 10.8 Å². The summed E-state index contributed by atoms with van der Waals surface area (Å²) < 4.78 is 38.7. The van der Waals surface area contributed by atoms with E-state index in [2.05, 4.69) is 30.3 Å². The molecule has 0 aromatic heterocycles. The maximum Gasteiger partial charge on any atom is 0.416 e. The summed E-state index contributed by atoms with van der Waals surface area (Å²) in [5, 5.41) is 2.24. The molecule has 0 saturated heterocycles. The smallest absolute Gasteiger partial charge is 0.166 e. The predicted molar refractivity (Wildman–Crippen MR) is 103 cm³/mol. The maximum absolute atomic E-state index is 12.9. The lowest BCUT2D eigenvalue weighted by Crippen LogP contribution is -2.04. The van der Waals surface area contributed by atoms with Crippen LogP contribution >= 0.6 is 0 Å². The van der Waals surface area contributed by atoms with Gasteiger partial charge in [-0.2, -0.15) is 13.2 Å². The first kappa shape index (κ1) is 16.1. The number of halogens is 3. The zero-order valence-corrected chi connectivity index (χ0v) is 14.3. The average Bonchev–Trinajstić information content (AvgIpc) is 3.06. The Balaban J connectivity index is 1.73. The SMILES string of the molecule is FC(F)(F)c1ccc(-c2cccc3ccc4c(c23)Cc2ccccc2-4)cc1. The summed E-state index contributed by atoms with van der Waals surface area (Å²) in [4.78, 5) is 0. The van der Waals surface area contributed by atoms with E-state index in [1.54, 1.807) is 12.1 Å². The van der Waals surface area contributed by atoms with Crippen LogP contribution in [0.4, 0.5) is 13.2 Å². The van der Waals surface area contributed by atoms with Crippen LogP contribution in [0, 0.1) is 0 Å². The van der Waals surface area contributed by atoms with Gasteiger partial charge in [-0.1, -0.05) is 66.7 Å². The summed E-state index contributed by atoms with van der Waals surface area (Å²) in [5.74, 6) is 0. The van der Waals surface area contributed by atoms with Gasteiger partial charge in [0.05, 0.1) is 5.56 Å². The van der Waals surface area contributed by atoms with E-state index in [-0.39, 0.29) is 0 Å². The molecule has 0 aliphatic heterocycles. The van der Waals surface area contributed by atoms with Crippen LogP contribution in [0.1, 0.15) is 16.7 Å². The van der Waals surface area contributed by atoms with Crippen molar-refractivity contribution in [2.45, 2.75) is 12.6 Å². The van der Waals surface area contributed by atoms with Crippen molar-refractivity contribution in [2.75, 3.05) is 0 Å². The molecule has 0 atom stereocenters. The van der Waals surface area contributed by atoms with Crippen molar-refractivity contribution in [1.29, 1.82) is 0 Å². The normalized spacial score (nSPS) is 12.9. The molecule has 27 heavy (non-hydrogen) atoms. The molecule has 4 aromatic carbocycles.